The lowest BCUT2D eigenvalue weighted by molar-refractivity contribution is -0.139. The van der Waals surface area contributed by atoms with Crippen molar-refractivity contribution in [1.82, 2.24) is 4.31 Å². The second-order valence-corrected chi connectivity index (χ2v) is 9.49. The number of rotatable bonds is 8. The summed E-state index contributed by atoms with van der Waals surface area (Å²) in [6.45, 7) is -0.606. The maximum atomic E-state index is 13.4. The minimum absolute atomic E-state index is 0.0402. The molecular formula is C23H18ClFN2O5S. The number of carbonyl (C=O) groups is 1. The highest BCUT2D eigenvalue weighted by molar-refractivity contribution is 7.89. The summed E-state index contributed by atoms with van der Waals surface area (Å²) >= 11 is 5.73. The average molecular weight is 489 g/mol. The number of aliphatic carboxylic acids is 1. The summed E-state index contributed by atoms with van der Waals surface area (Å²) in [6, 6.07) is 16.7. The average Bonchev–Trinajstić information content (AvgIpc) is 2.79. The molecule has 0 aliphatic rings. The van der Waals surface area contributed by atoms with Gasteiger partial charge in [-0.2, -0.15) is 9.57 Å². The number of nitriles is 1. The Bertz CT molecular complexity index is 1360. The summed E-state index contributed by atoms with van der Waals surface area (Å²) in [5, 5.41) is 17.8. The Balaban J connectivity index is 1.96. The smallest absolute Gasteiger partial charge is 0.341 e. The number of ether oxygens (including phenoxy) is 1. The van der Waals surface area contributed by atoms with E-state index in [9.17, 15) is 22.9 Å². The quantitative estimate of drug-likeness (QED) is 0.506. The van der Waals surface area contributed by atoms with Crippen molar-refractivity contribution in [2.24, 2.45) is 0 Å². The molecule has 33 heavy (non-hydrogen) atoms. The van der Waals surface area contributed by atoms with Gasteiger partial charge in [-0.25, -0.2) is 17.6 Å². The standard InChI is InChI=1S/C23H18ClFN2O5S/c1-27(33(30,31)18-6-7-21(25)20(24)11-18)13-16-5-8-22(32-14-23(28)29)19(10-16)17-4-2-3-15(9-17)12-26/h2-11H,13-14H2,1H3,(H,28,29). The van der Waals surface area contributed by atoms with Crippen molar-refractivity contribution in [3.63, 3.8) is 0 Å². The Morgan fingerprint density at radius 1 is 1.18 bits per heavy atom. The summed E-state index contributed by atoms with van der Waals surface area (Å²) < 4.78 is 45.7. The van der Waals surface area contributed by atoms with Gasteiger partial charge in [0, 0.05) is 19.2 Å². The molecule has 0 aromatic heterocycles. The number of sulfonamides is 1. The summed E-state index contributed by atoms with van der Waals surface area (Å²) in [4.78, 5) is 10.8. The van der Waals surface area contributed by atoms with Gasteiger partial charge in [0.1, 0.15) is 11.6 Å². The van der Waals surface area contributed by atoms with Crippen LogP contribution in [-0.2, 0) is 21.4 Å². The van der Waals surface area contributed by atoms with Crippen molar-refractivity contribution in [2.75, 3.05) is 13.7 Å². The molecule has 0 heterocycles. The first-order chi connectivity index (χ1) is 15.6. The van der Waals surface area contributed by atoms with Crippen LogP contribution in [0.5, 0.6) is 5.75 Å². The van der Waals surface area contributed by atoms with Gasteiger partial charge >= 0.3 is 5.97 Å². The van der Waals surface area contributed by atoms with E-state index < -0.39 is 28.4 Å². The van der Waals surface area contributed by atoms with E-state index in [4.69, 9.17) is 21.4 Å². The molecular weight excluding hydrogens is 471 g/mol. The lowest BCUT2D eigenvalue weighted by Gasteiger charge is -2.19. The van der Waals surface area contributed by atoms with Crippen molar-refractivity contribution < 1.29 is 27.4 Å². The minimum atomic E-state index is -3.97. The molecule has 3 aromatic rings. The zero-order chi connectivity index (χ0) is 24.2. The number of nitrogens with zero attached hydrogens (tertiary/aromatic N) is 2. The third kappa shape index (κ3) is 5.68. The molecule has 0 amide bonds. The lowest BCUT2D eigenvalue weighted by atomic mass is 10.00. The second-order valence-electron chi connectivity index (χ2n) is 7.04. The van der Waals surface area contributed by atoms with Crippen LogP contribution in [0.3, 0.4) is 0 Å². The number of halogens is 2. The largest absolute Gasteiger partial charge is 0.481 e. The molecule has 0 fully saturated rings. The minimum Gasteiger partial charge on any atom is -0.481 e. The maximum Gasteiger partial charge on any atom is 0.341 e. The normalized spacial score (nSPS) is 11.2. The first kappa shape index (κ1) is 24.2. The topological polar surface area (TPSA) is 108 Å². The molecule has 0 spiro atoms. The molecule has 0 unspecified atom stereocenters. The molecule has 0 saturated carbocycles. The van der Waals surface area contributed by atoms with Crippen LogP contribution in [0.25, 0.3) is 11.1 Å². The van der Waals surface area contributed by atoms with Gasteiger partial charge in [0.15, 0.2) is 6.61 Å². The van der Waals surface area contributed by atoms with Crippen LogP contribution < -0.4 is 4.74 Å². The monoisotopic (exact) mass is 488 g/mol. The van der Waals surface area contributed by atoms with Gasteiger partial charge in [-0.05, 0) is 53.6 Å². The molecule has 0 saturated heterocycles. The Morgan fingerprint density at radius 3 is 2.61 bits per heavy atom. The third-order valence-electron chi connectivity index (χ3n) is 4.70. The number of hydrogen-bond acceptors (Lipinski definition) is 5. The Hall–Kier alpha value is -3.45. The van der Waals surface area contributed by atoms with E-state index in [1.165, 1.54) is 7.05 Å². The molecule has 0 radical (unpaired) electrons. The van der Waals surface area contributed by atoms with Crippen molar-refractivity contribution in [2.45, 2.75) is 11.4 Å². The molecule has 0 atom stereocenters. The van der Waals surface area contributed by atoms with Crippen LogP contribution in [-0.4, -0.2) is 37.5 Å². The van der Waals surface area contributed by atoms with Gasteiger partial charge in [-0.3, -0.25) is 0 Å². The van der Waals surface area contributed by atoms with E-state index in [2.05, 4.69) is 0 Å². The first-order valence-corrected chi connectivity index (χ1v) is 11.3. The maximum absolute atomic E-state index is 13.4. The fourth-order valence-corrected chi connectivity index (χ4v) is 4.51. The lowest BCUT2D eigenvalue weighted by Crippen LogP contribution is -2.26. The molecule has 0 aliphatic heterocycles. The SMILES string of the molecule is CN(Cc1ccc(OCC(=O)O)c(-c2cccc(C#N)c2)c1)S(=O)(=O)c1ccc(F)c(Cl)c1. The highest BCUT2D eigenvalue weighted by Gasteiger charge is 2.22. The number of carboxylic acid groups (broad SMARTS) is 1. The van der Waals surface area contributed by atoms with Crippen molar-refractivity contribution >= 4 is 27.6 Å². The second kappa shape index (κ2) is 10.0. The summed E-state index contributed by atoms with van der Waals surface area (Å²) in [5.74, 6) is -1.61. The first-order valence-electron chi connectivity index (χ1n) is 9.51. The van der Waals surface area contributed by atoms with Crippen LogP contribution in [0, 0.1) is 17.1 Å². The van der Waals surface area contributed by atoms with Gasteiger partial charge in [0.2, 0.25) is 10.0 Å². The van der Waals surface area contributed by atoms with E-state index in [0.717, 1.165) is 22.5 Å². The van der Waals surface area contributed by atoms with E-state index in [1.807, 2.05) is 6.07 Å². The highest BCUT2D eigenvalue weighted by Crippen LogP contribution is 2.32. The summed E-state index contributed by atoms with van der Waals surface area (Å²) in [7, 11) is -2.59. The molecule has 10 heteroatoms. The van der Waals surface area contributed by atoms with Gasteiger partial charge in [0.25, 0.3) is 0 Å². The molecule has 7 nitrogen and oxygen atoms in total. The van der Waals surface area contributed by atoms with Gasteiger partial charge in [-0.15, -0.1) is 0 Å². The fraction of sp³-hybridized carbons (Fsp3) is 0.130. The van der Waals surface area contributed by atoms with Crippen molar-refractivity contribution in [1.29, 1.82) is 5.26 Å². The number of hydrogen-bond donors (Lipinski definition) is 1. The highest BCUT2D eigenvalue weighted by atomic mass is 35.5. The summed E-state index contributed by atoms with van der Waals surface area (Å²) in [5.41, 5.74) is 2.08. The van der Waals surface area contributed by atoms with E-state index in [0.29, 0.717) is 22.3 Å². The summed E-state index contributed by atoms with van der Waals surface area (Å²) in [6.07, 6.45) is 0. The number of benzene rings is 3. The van der Waals surface area contributed by atoms with Gasteiger partial charge in [-0.1, -0.05) is 29.8 Å². The van der Waals surface area contributed by atoms with E-state index in [-0.39, 0.29) is 22.2 Å². The zero-order valence-corrected chi connectivity index (χ0v) is 18.9. The zero-order valence-electron chi connectivity index (χ0n) is 17.3. The van der Waals surface area contributed by atoms with Crippen LogP contribution in [0.4, 0.5) is 4.39 Å². The van der Waals surface area contributed by atoms with Crippen LogP contribution in [0.15, 0.2) is 65.6 Å². The van der Waals surface area contributed by atoms with Crippen LogP contribution >= 0.6 is 11.6 Å². The van der Waals surface area contributed by atoms with Crippen LogP contribution in [0.1, 0.15) is 11.1 Å². The van der Waals surface area contributed by atoms with E-state index in [1.54, 1.807) is 42.5 Å². The third-order valence-corrected chi connectivity index (χ3v) is 6.79. The van der Waals surface area contributed by atoms with Crippen molar-refractivity contribution in [3.8, 4) is 22.9 Å². The number of carboxylic acids is 1. The van der Waals surface area contributed by atoms with E-state index >= 15 is 0 Å². The molecule has 0 aliphatic carbocycles. The van der Waals surface area contributed by atoms with Gasteiger partial charge in [0.05, 0.1) is 21.6 Å². The Morgan fingerprint density at radius 2 is 1.94 bits per heavy atom. The fourth-order valence-electron chi connectivity index (χ4n) is 3.08. The van der Waals surface area contributed by atoms with Crippen molar-refractivity contribution in [3.05, 3.63) is 82.6 Å². The molecule has 0 bridgehead atoms. The molecule has 3 aromatic carbocycles. The predicted octanol–water partition coefficient (Wildman–Crippen LogP) is 4.30. The Kier molecular flexibility index (Phi) is 7.33. The Labute approximate surface area is 195 Å². The molecule has 1 N–H and O–H groups in total. The molecule has 3 rings (SSSR count). The van der Waals surface area contributed by atoms with Crippen LogP contribution in [0.2, 0.25) is 5.02 Å². The van der Waals surface area contributed by atoms with Gasteiger partial charge < -0.3 is 9.84 Å². The molecule has 170 valence electrons. The predicted molar refractivity (Wildman–Crippen MR) is 120 cm³/mol.